The third-order valence-corrected chi connectivity index (χ3v) is 8.13. The number of aromatic nitrogens is 5. The number of pyridine rings is 1. The van der Waals surface area contributed by atoms with Gasteiger partial charge in [0.05, 0.1) is 18.1 Å². The molecule has 10 heteroatoms. The van der Waals surface area contributed by atoms with Crippen molar-refractivity contribution < 1.29 is 13.3 Å². The summed E-state index contributed by atoms with van der Waals surface area (Å²) in [7, 11) is 0. The van der Waals surface area contributed by atoms with Crippen LogP contribution in [0.4, 0.5) is 20.3 Å². The summed E-state index contributed by atoms with van der Waals surface area (Å²) in [4.78, 5) is 20.1. The Morgan fingerprint density at radius 1 is 0.975 bits per heavy atom. The van der Waals surface area contributed by atoms with Crippen LogP contribution in [0.2, 0.25) is 0 Å². The zero-order valence-electron chi connectivity index (χ0n) is 22.6. The first-order valence-electron chi connectivity index (χ1n) is 14.1. The van der Waals surface area contributed by atoms with Crippen molar-refractivity contribution in [2.24, 2.45) is 11.8 Å². The van der Waals surface area contributed by atoms with Gasteiger partial charge in [0.1, 0.15) is 17.5 Å². The standard InChI is InChI=1S/C30H33F2N7O/c1-19-36-30(38-40-19)29-34-16-24(17-35-29)39-12-4-5-20(18-39)13-22-6-2-3-7-27(22)37-28-14-21(10-11-33-28)25-9-8-23(31)15-26(25)32/h8-11,14-17,20,22,27H,2-7,12-13,18H2,1H3,(H,33,37)/t20-,22+,27-/m1/s1. The molecule has 1 aliphatic heterocycles. The Kier molecular flexibility index (Phi) is 7.66. The number of rotatable bonds is 7. The summed E-state index contributed by atoms with van der Waals surface area (Å²) in [5.41, 5.74) is 2.08. The van der Waals surface area contributed by atoms with E-state index in [1.807, 2.05) is 18.5 Å². The molecular formula is C30H33F2N7O. The lowest BCUT2D eigenvalue weighted by Crippen LogP contribution is -2.39. The molecule has 4 aromatic rings. The van der Waals surface area contributed by atoms with E-state index < -0.39 is 11.6 Å². The summed E-state index contributed by atoms with van der Waals surface area (Å²) in [6.07, 6.45) is 13.6. The molecule has 1 N–H and O–H groups in total. The number of hydrogen-bond donors (Lipinski definition) is 1. The fraction of sp³-hybridized carbons (Fsp3) is 0.433. The van der Waals surface area contributed by atoms with Crippen LogP contribution in [0.5, 0.6) is 0 Å². The highest BCUT2D eigenvalue weighted by Gasteiger charge is 2.30. The number of anilines is 2. The Morgan fingerprint density at radius 2 is 1.82 bits per heavy atom. The molecule has 3 aromatic heterocycles. The fourth-order valence-electron chi connectivity index (χ4n) is 6.18. The molecule has 0 bridgehead atoms. The van der Waals surface area contributed by atoms with Crippen LogP contribution in [0.15, 0.2) is 53.4 Å². The Balaban J connectivity index is 1.10. The van der Waals surface area contributed by atoms with E-state index >= 15 is 0 Å². The van der Waals surface area contributed by atoms with Gasteiger partial charge in [-0.1, -0.05) is 18.0 Å². The first kappa shape index (κ1) is 26.3. The fourth-order valence-corrected chi connectivity index (χ4v) is 6.18. The van der Waals surface area contributed by atoms with Gasteiger partial charge in [-0.15, -0.1) is 0 Å². The molecule has 8 nitrogen and oxygen atoms in total. The van der Waals surface area contributed by atoms with Crippen LogP contribution < -0.4 is 10.2 Å². The lowest BCUT2D eigenvalue weighted by atomic mass is 9.77. The second-order valence-corrected chi connectivity index (χ2v) is 10.9. The molecule has 1 aliphatic carbocycles. The van der Waals surface area contributed by atoms with Crippen LogP contribution >= 0.6 is 0 Å². The maximum atomic E-state index is 14.4. The Bertz CT molecular complexity index is 1440. The van der Waals surface area contributed by atoms with Gasteiger partial charge in [-0.2, -0.15) is 4.98 Å². The summed E-state index contributed by atoms with van der Waals surface area (Å²) >= 11 is 0. The second-order valence-electron chi connectivity index (χ2n) is 10.9. The van der Waals surface area contributed by atoms with Gasteiger partial charge in [-0.25, -0.2) is 23.7 Å². The predicted octanol–water partition coefficient (Wildman–Crippen LogP) is 6.45. The van der Waals surface area contributed by atoms with Gasteiger partial charge >= 0.3 is 0 Å². The largest absolute Gasteiger partial charge is 0.369 e. The van der Waals surface area contributed by atoms with Crippen LogP contribution in [0.25, 0.3) is 22.8 Å². The number of aryl methyl sites for hydroxylation is 1. The van der Waals surface area contributed by atoms with E-state index in [0.717, 1.165) is 49.9 Å². The van der Waals surface area contributed by atoms with Gasteiger partial charge in [0.25, 0.3) is 0 Å². The molecule has 208 valence electrons. The minimum atomic E-state index is -0.580. The van der Waals surface area contributed by atoms with E-state index in [1.54, 1.807) is 19.2 Å². The van der Waals surface area contributed by atoms with Crippen molar-refractivity contribution in [1.82, 2.24) is 25.1 Å². The van der Waals surface area contributed by atoms with Crippen LogP contribution in [0.3, 0.4) is 0 Å². The number of nitrogens with zero attached hydrogens (tertiary/aromatic N) is 6. The van der Waals surface area contributed by atoms with E-state index in [0.29, 0.717) is 46.5 Å². The summed E-state index contributed by atoms with van der Waals surface area (Å²) in [6, 6.07) is 7.62. The molecule has 6 rings (SSSR count). The van der Waals surface area contributed by atoms with Crippen molar-refractivity contribution in [1.29, 1.82) is 0 Å². The normalized spacial score (nSPS) is 21.4. The maximum absolute atomic E-state index is 14.4. The Hall–Kier alpha value is -3.95. The number of halogens is 2. The van der Waals surface area contributed by atoms with Crippen LogP contribution in [-0.4, -0.2) is 44.2 Å². The topological polar surface area (TPSA) is 92.9 Å². The molecule has 40 heavy (non-hydrogen) atoms. The lowest BCUT2D eigenvalue weighted by Gasteiger charge is -2.39. The minimum Gasteiger partial charge on any atom is -0.369 e. The molecule has 0 amide bonds. The average molecular weight is 546 g/mol. The van der Waals surface area contributed by atoms with Gasteiger partial charge in [-0.3, -0.25) is 0 Å². The van der Waals surface area contributed by atoms with Crippen molar-refractivity contribution in [3.05, 3.63) is 66.4 Å². The van der Waals surface area contributed by atoms with Gasteiger partial charge in [-0.05, 0) is 73.8 Å². The van der Waals surface area contributed by atoms with Gasteiger partial charge in [0.2, 0.25) is 17.5 Å². The van der Waals surface area contributed by atoms with Crippen molar-refractivity contribution >= 4 is 11.5 Å². The van der Waals surface area contributed by atoms with Crippen molar-refractivity contribution in [3.8, 4) is 22.8 Å². The van der Waals surface area contributed by atoms with Crippen molar-refractivity contribution in [2.75, 3.05) is 23.3 Å². The molecular weight excluding hydrogens is 512 g/mol. The SMILES string of the molecule is Cc1nc(-c2ncc(N3CCC[C@H](C[C@@H]4CCCC[C@H]4Nc4cc(-c5ccc(F)cc5F)ccn4)C3)cn2)no1. The molecule has 2 aliphatic rings. The molecule has 1 saturated heterocycles. The zero-order valence-corrected chi connectivity index (χ0v) is 22.6. The molecule has 1 saturated carbocycles. The zero-order chi connectivity index (χ0) is 27.5. The molecule has 0 unspecified atom stereocenters. The Labute approximate surface area is 232 Å². The number of nitrogens with one attached hydrogen (secondary N) is 1. The molecule has 4 heterocycles. The molecule has 0 spiro atoms. The quantitative estimate of drug-likeness (QED) is 0.283. The van der Waals surface area contributed by atoms with Crippen LogP contribution in [0, 0.1) is 30.4 Å². The lowest BCUT2D eigenvalue weighted by molar-refractivity contribution is 0.247. The molecule has 3 atom stereocenters. The predicted molar refractivity (Wildman–Crippen MR) is 149 cm³/mol. The highest BCUT2D eigenvalue weighted by Crippen LogP contribution is 2.35. The monoisotopic (exact) mass is 545 g/mol. The van der Waals surface area contributed by atoms with Crippen molar-refractivity contribution in [3.63, 3.8) is 0 Å². The Morgan fingerprint density at radius 3 is 2.62 bits per heavy atom. The molecule has 2 fully saturated rings. The van der Waals surface area contributed by atoms with Gasteiger partial charge in [0, 0.05) is 43.9 Å². The number of benzene rings is 1. The second kappa shape index (κ2) is 11.7. The van der Waals surface area contributed by atoms with E-state index in [1.165, 1.54) is 37.8 Å². The van der Waals surface area contributed by atoms with E-state index in [-0.39, 0.29) is 0 Å². The molecule has 1 aromatic carbocycles. The van der Waals surface area contributed by atoms with E-state index in [2.05, 4.69) is 35.3 Å². The smallest absolute Gasteiger partial charge is 0.240 e. The van der Waals surface area contributed by atoms with Crippen LogP contribution in [-0.2, 0) is 0 Å². The number of piperidine rings is 1. The van der Waals surface area contributed by atoms with Gasteiger partial charge in [0.15, 0.2) is 0 Å². The minimum absolute atomic E-state index is 0.311. The van der Waals surface area contributed by atoms with E-state index in [9.17, 15) is 8.78 Å². The summed E-state index contributed by atoms with van der Waals surface area (Å²) in [5, 5.41) is 7.57. The summed E-state index contributed by atoms with van der Waals surface area (Å²) in [5.74, 6) is 2.05. The maximum Gasteiger partial charge on any atom is 0.240 e. The molecule has 0 radical (unpaired) electrons. The first-order valence-corrected chi connectivity index (χ1v) is 14.1. The average Bonchev–Trinajstić information content (AvgIpc) is 3.41. The van der Waals surface area contributed by atoms with Gasteiger partial charge < -0.3 is 14.7 Å². The third kappa shape index (κ3) is 5.95. The highest BCUT2D eigenvalue weighted by atomic mass is 19.1. The summed E-state index contributed by atoms with van der Waals surface area (Å²) in [6.45, 7) is 3.71. The van der Waals surface area contributed by atoms with Crippen molar-refractivity contribution in [2.45, 2.75) is 57.9 Å². The number of hydrogen-bond acceptors (Lipinski definition) is 8. The third-order valence-electron chi connectivity index (χ3n) is 8.13. The van der Waals surface area contributed by atoms with E-state index in [4.69, 9.17) is 4.52 Å². The van der Waals surface area contributed by atoms with Crippen LogP contribution in [0.1, 0.15) is 50.8 Å². The summed E-state index contributed by atoms with van der Waals surface area (Å²) < 4.78 is 32.9. The first-order chi connectivity index (χ1) is 19.5. The highest BCUT2D eigenvalue weighted by molar-refractivity contribution is 5.67.